The molecule has 32 heavy (non-hydrogen) atoms. The lowest BCUT2D eigenvalue weighted by Gasteiger charge is -2.54. The highest BCUT2D eigenvalue weighted by molar-refractivity contribution is 5.70. The van der Waals surface area contributed by atoms with Gasteiger partial charge in [-0.3, -0.25) is 0 Å². The van der Waals surface area contributed by atoms with E-state index < -0.39 is 5.60 Å². The SMILES string of the molecule is CC(C)=CCC[C@@]1(C)Oc2ccccc2[C@H]2OC[C@@]3(CCCN3C(=O)OC(C)(C)C)C[C@@H]21. The van der Waals surface area contributed by atoms with Gasteiger partial charge in [-0.1, -0.05) is 29.8 Å². The number of ether oxygens (including phenoxy) is 3. The second-order valence-corrected chi connectivity index (χ2v) is 11.3. The summed E-state index contributed by atoms with van der Waals surface area (Å²) in [6.07, 6.45) is 6.73. The summed E-state index contributed by atoms with van der Waals surface area (Å²) in [4.78, 5) is 15.1. The van der Waals surface area contributed by atoms with Crippen LogP contribution in [-0.2, 0) is 9.47 Å². The van der Waals surface area contributed by atoms with E-state index in [0.29, 0.717) is 6.61 Å². The Balaban J connectivity index is 1.65. The predicted molar refractivity (Wildman–Crippen MR) is 126 cm³/mol. The van der Waals surface area contributed by atoms with Crippen molar-refractivity contribution in [3.8, 4) is 5.75 Å². The molecule has 0 aromatic heterocycles. The first-order chi connectivity index (χ1) is 15.0. The molecule has 2 saturated heterocycles. The van der Waals surface area contributed by atoms with Gasteiger partial charge in [-0.15, -0.1) is 0 Å². The summed E-state index contributed by atoms with van der Waals surface area (Å²) < 4.78 is 19.1. The summed E-state index contributed by atoms with van der Waals surface area (Å²) in [6, 6.07) is 8.27. The van der Waals surface area contributed by atoms with Crippen LogP contribution in [0.15, 0.2) is 35.9 Å². The molecule has 0 saturated carbocycles. The number of para-hydroxylation sites is 1. The predicted octanol–water partition coefficient (Wildman–Crippen LogP) is 6.43. The van der Waals surface area contributed by atoms with Crippen LogP contribution in [0.4, 0.5) is 4.79 Å². The van der Waals surface area contributed by atoms with Gasteiger partial charge in [-0.25, -0.2) is 4.79 Å². The van der Waals surface area contributed by atoms with Gasteiger partial charge in [0.1, 0.15) is 17.0 Å². The first-order valence-corrected chi connectivity index (χ1v) is 12.1. The Kier molecular flexibility index (Phi) is 6.08. The van der Waals surface area contributed by atoms with Crippen LogP contribution in [0.5, 0.6) is 5.75 Å². The fraction of sp³-hybridized carbons (Fsp3) is 0.667. The normalized spacial score (nSPS) is 31.5. The molecule has 5 heteroatoms. The Morgan fingerprint density at radius 3 is 2.75 bits per heavy atom. The lowest BCUT2D eigenvalue weighted by atomic mass is 9.68. The molecule has 1 amide bonds. The van der Waals surface area contributed by atoms with Crippen molar-refractivity contribution in [1.29, 1.82) is 0 Å². The second kappa shape index (κ2) is 8.40. The molecule has 176 valence electrons. The zero-order chi connectivity index (χ0) is 23.1. The van der Waals surface area contributed by atoms with Crippen LogP contribution in [0, 0.1) is 5.92 Å². The molecule has 2 fully saturated rings. The molecule has 0 radical (unpaired) electrons. The molecule has 0 bridgehead atoms. The summed E-state index contributed by atoms with van der Waals surface area (Å²) in [5.74, 6) is 1.10. The van der Waals surface area contributed by atoms with Crippen LogP contribution in [-0.4, -0.2) is 40.9 Å². The third kappa shape index (κ3) is 4.41. The van der Waals surface area contributed by atoms with E-state index in [9.17, 15) is 4.79 Å². The molecule has 1 aromatic rings. The van der Waals surface area contributed by atoms with Crippen molar-refractivity contribution >= 4 is 6.09 Å². The van der Waals surface area contributed by atoms with E-state index in [-0.39, 0.29) is 29.3 Å². The molecule has 1 spiro atoms. The van der Waals surface area contributed by atoms with Crippen LogP contribution >= 0.6 is 0 Å². The molecule has 0 N–H and O–H groups in total. The smallest absolute Gasteiger partial charge is 0.410 e. The molecule has 3 aliphatic rings. The Morgan fingerprint density at radius 1 is 1.28 bits per heavy atom. The van der Waals surface area contributed by atoms with E-state index in [0.717, 1.165) is 50.0 Å². The average molecular weight is 442 g/mol. The number of carbonyl (C=O) groups is 1. The molecule has 5 nitrogen and oxygen atoms in total. The summed E-state index contributed by atoms with van der Waals surface area (Å²) in [5.41, 5.74) is 1.26. The van der Waals surface area contributed by atoms with Crippen molar-refractivity contribution in [2.45, 2.75) is 96.5 Å². The van der Waals surface area contributed by atoms with E-state index >= 15 is 0 Å². The van der Waals surface area contributed by atoms with Crippen molar-refractivity contribution in [2.24, 2.45) is 5.92 Å². The highest BCUT2D eigenvalue weighted by Gasteiger charge is 2.57. The molecule has 4 rings (SSSR count). The van der Waals surface area contributed by atoms with Crippen molar-refractivity contribution in [3.63, 3.8) is 0 Å². The maximum absolute atomic E-state index is 13.1. The van der Waals surface area contributed by atoms with Crippen molar-refractivity contribution in [3.05, 3.63) is 41.5 Å². The monoisotopic (exact) mass is 441 g/mol. The first-order valence-electron chi connectivity index (χ1n) is 12.1. The van der Waals surface area contributed by atoms with Gasteiger partial charge in [-0.2, -0.15) is 0 Å². The topological polar surface area (TPSA) is 48.0 Å². The van der Waals surface area contributed by atoms with Crippen LogP contribution in [0.2, 0.25) is 0 Å². The van der Waals surface area contributed by atoms with E-state index in [2.05, 4.69) is 45.0 Å². The van der Waals surface area contributed by atoms with Gasteiger partial charge in [0.15, 0.2) is 0 Å². The van der Waals surface area contributed by atoms with Gasteiger partial charge in [-0.05, 0) is 79.7 Å². The van der Waals surface area contributed by atoms with Gasteiger partial charge in [0.25, 0.3) is 0 Å². The lowest BCUT2D eigenvalue weighted by molar-refractivity contribution is -0.170. The molecule has 3 heterocycles. The van der Waals surface area contributed by atoms with Crippen LogP contribution in [0.25, 0.3) is 0 Å². The highest BCUT2D eigenvalue weighted by atomic mass is 16.6. The van der Waals surface area contributed by atoms with Crippen molar-refractivity contribution in [1.82, 2.24) is 4.90 Å². The Bertz CT molecular complexity index is 884. The summed E-state index contributed by atoms with van der Waals surface area (Å²) in [7, 11) is 0. The van der Waals surface area contributed by atoms with Crippen LogP contribution in [0.3, 0.4) is 0 Å². The maximum atomic E-state index is 13.1. The number of hydrogen-bond acceptors (Lipinski definition) is 4. The first kappa shape index (κ1) is 23.2. The summed E-state index contributed by atoms with van der Waals surface area (Å²) in [6.45, 7) is 13.5. The Morgan fingerprint density at radius 2 is 2.03 bits per heavy atom. The number of nitrogens with zero attached hydrogens (tertiary/aromatic N) is 1. The van der Waals surface area contributed by atoms with Crippen LogP contribution in [0.1, 0.15) is 85.3 Å². The largest absolute Gasteiger partial charge is 0.487 e. The number of hydrogen-bond donors (Lipinski definition) is 0. The third-order valence-electron chi connectivity index (χ3n) is 7.25. The van der Waals surface area contributed by atoms with Gasteiger partial charge in [0, 0.05) is 18.0 Å². The zero-order valence-electron chi connectivity index (χ0n) is 20.6. The molecule has 1 aromatic carbocycles. The van der Waals surface area contributed by atoms with Gasteiger partial charge in [0.05, 0.1) is 18.2 Å². The van der Waals surface area contributed by atoms with E-state index in [1.54, 1.807) is 0 Å². The minimum atomic E-state index is -0.509. The van der Waals surface area contributed by atoms with Crippen molar-refractivity contribution < 1.29 is 19.0 Å². The standard InChI is InChI=1S/C27H39NO4/c1-19(2)11-9-14-26(6)21-17-27(15-10-16-28(27)24(29)32-25(3,4)5)18-30-23(21)20-12-7-8-13-22(20)31-26/h7-8,11-13,21,23H,9-10,14-18H2,1-6H3/t21-,23+,26+,27+/m0/s1. The number of likely N-dealkylation sites (tertiary alicyclic amines) is 1. The molecule has 0 aliphatic carbocycles. The van der Waals surface area contributed by atoms with Gasteiger partial charge in [0.2, 0.25) is 0 Å². The fourth-order valence-electron chi connectivity index (χ4n) is 5.70. The number of carbonyl (C=O) groups excluding carboxylic acids is 1. The number of rotatable bonds is 3. The molecular weight excluding hydrogens is 402 g/mol. The summed E-state index contributed by atoms with van der Waals surface area (Å²) >= 11 is 0. The zero-order valence-corrected chi connectivity index (χ0v) is 20.6. The third-order valence-corrected chi connectivity index (χ3v) is 7.25. The van der Waals surface area contributed by atoms with Crippen LogP contribution < -0.4 is 4.74 Å². The number of fused-ring (bicyclic) bond motifs is 3. The Hall–Kier alpha value is -2.01. The van der Waals surface area contributed by atoms with Gasteiger partial charge < -0.3 is 19.1 Å². The quantitative estimate of drug-likeness (QED) is 0.507. The number of benzene rings is 1. The van der Waals surface area contributed by atoms with E-state index in [1.165, 1.54) is 5.57 Å². The summed E-state index contributed by atoms with van der Waals surface area (Å²) in [5, 5.41) is 0. The second-order valence-electron chi connectivity index (χ2n) is 11.3. The minimum absolute atomic E-state index is 0.0108. The average Bonchev–Trinajstić information content (AvgIpc) is 3.10. The lowest BCUT2D eigenvalue weighted by Crippen LogP contribution is -2.60. The molecule has 4 atom stereocenters. The minimum Gasteiger partial charge on any atom is -0.487 e. The maximum Gasteiger partial charge on any atom is 0.410 e. The molecular formula is C27H39NO4. The van der Waals surface area contributed by atoms with E-state index in [1.807, 2.05) is 31.7 Å². The Labute approximate surface area is 193 Å². The van der Waals surface area contributed by atoms with E-state index in [4.69, 9.17) is 14.2 Å². The fourth-order valence-corrected chi connectivity index (χ4v) is 5.70. The molecule has 3 aliphatic heterocycles. The van der Waals surface area contributed by atoms with Crippen molar-refractivity contribution in [2.75, 3.05) is 13.2 Å². The number of amides is 1. The highest BCUT2D eigenvalue weighted by Crippen LogP contribution is 2.55. The number of allylic oxidation sites excluding steroid dienone is 2. The van der Waals surface area contributed by atoms with Gasteiger partial charge >= 0.3 is 6.09 Å². The molecule has 0 unspecified atom stereocenters.